The maximum absolute atomic E-state index is 13.5. The number of carbonyl (C=O) groups is 1. The van der Waals surface area contributed by atoms with Gasteiger partial charge in [0.1, 0.15) is 11.6 Å². The smallest absolute Gasteiger partial charge is 0.266 e. The Labute approximate surface area is 201 Å². The van der Waals surface area contributed by atoms with Crippen LogP contribution in [-0.4, -0.2) is 39.8 Å². The minimum atomic E-state index is -0.319. The summed E-state index contributed by atoms with van der Waals surface area (Å²) in [5.41, 5.74) is 1.73. The van der Waals surface area contributed by atoms with Gasteiger partial charge in [-0.1, -0.05) is 48.2 Å². The number of carbonyl (C=O) groups excluding carboxylic acids is 1. The predicted octanol–water partition coefficient (Wildman–Crippen LogP) is 4.67. The van der Waals surface area contributed by atoms with E-state index in [0.717, 1.165) is 5.56 Å². The molecule has 0 aliphatic heterocycles. The van der Waals surface area contributed by atoms with Crippen molar-refractivity contribution < 1.29 is 13.9 Å². The number of benzene rings is 3. The number of aromatic nitrogens is 2. The highest BCUT2D eigenvalue weighted by atomic mass is 32.2. The van der Waals surface area contributed by atoms with Crippen LogP contribution < -0.4 is 10.3 Å². The fourth-order valence-corrected chi connectivity index (χ4v) is 4.48. The maximum Gasteiger partial charge on any atom is 0.266 e. The third-order valence-corrected chi connectivity index (χ3v) is 6.16. The van der Waals surface area contributed by atoms with E-state index >= 15 is 0 Å². The first-order valence-corrected chi connectivity index (χ1v) is 11.8. The Hall–Kier alpha value is -3.65. The Morgan fingerprint density at radius 2 is 1.76 bits per heavy atom. The highest BCUT2D eigenvalue weighted by molar-refractivity contribution is 7.99. The molecule has 0 radical (unpaired) electrons. The molecule has 0 atom stereocenters. The average Bonchev–Trinajstić information content (AvgIpc) is 2.85. The largest absolute Gasteiger partial charge is 0.492 e. The second-order valence-electron chi connectivity index (χ2n) is 7.62. The molecule has 0 saturated carbocycles. The van der Waals surface area contributed by atoms with Gasteiger partial charge >= 0.3 is 0 Å². The molecule has 8 heteroatoms. The molecule has 0 unspecified atom stereocenters. The molecule has 0 fully saturated rings. The van der Waals surface area contributed by atoms with Crippen molar-refractivity contribution in [2.45, 2.75) is 18.6 Å². The highest BCUT2D eigenvalue weighted by Gasteiger charge is 2.18. The lowest BCUT2D eigenvalue weighted by atomic mass is 10.2. The zero-order valence-electron chi connectivity index (χ0n) is 18.9. The molecule has 174 valence electrons. The van der Waals surface area contributed by atoms with E-state index in [-0.39, 0.29) is 23.0 Å². The van der Waals surface area contributed by atoms with E-state index in [2.05, 4.69) is 0 Å². The van der Waals surface area contributed by atoms with Gasteiger partial charge in [-0.05, 0) is 48.9 Å². The molecule has 1 amide bonds. The highest BCUT2D eigenvalue weighted by Crippen LogP contribution is 2.27. The number of thioether (sulfide) groups is 1. The molecular weight excluding hydrogens is 453 g/mol. The van der Waals surface area contributed by atoms with Crippen LogP contribution in [0.4, 0.5) is 4.39 Å². The molecular formula is C26H24FN3O3S. The van der Waals surface area contributed by atoms with Gasteiger partial charge < -0.3 is 9.64 Å². The molecule has 1 heterocycles. The van der Waals surface area contributed by atoms with Crippen LogP contribution in [0.3, 0.4) is 0 Å². The van der Waals surface area contributed by atoms with Crippen molar-refractivity contribution in [2.75, 3.05) is 19.4 Å². The van der Waals surface area contributed by atoms with E-state index < -0.39 is 0 Å². The number of hydrogen-bond acceptors (Lipinski definition) is 5. The van der Waals surface area contributed by atoms with Crippen molar-refractivity contribution in [1.29, 1.82) is 0 Å². The topological polar surface area (TPSA) is 64.4 Å². The molecule has 4 rings (SSSR count). The normalized spacial score (nSPS) is 10.9. The van der Waals surface area contributed by atoms with Gasteiger partial charge in [0, 0.05) is 13.6 Å². The van der Waals surface area contributed by atoms with Crippen molar-refractivity contribution in [2.24, 2.45) is 0 Å². The van der Waals surface area contributed by atoms with Gasteiger partial charge in [0.25, 0.3) is 5.56 Å². The molecule has 0 bridgehead atoms. The molecule has 0 spiro atoms. The summed E-state index contributed by atoms with van der Waals surface area (Å²) >= 11 is 1.19. The Kier molecular flexibility index (Phi) is 7.27. The van der Waals surface area contributed by atoms with Gasteiger partial charge in [0.15, 0.2) is 5.16 Å². The van der Waals surface area contributed by atoms with E-state index in [9.17, 15) is 14.0 Å². The van der Waals surface area contributed by atoms with Gasteiger partial charge in [-0.15, -0.1) is 0 Å². The van der Waals surface area contributed by atoms with Crippen LogP contribution in [0.2, 0.25) is 0 Å². The first-order valence-electron chi connectivity index (χ1n) is 10.8. The first-order chi connectivity index (χ1) is 16.5. The number of nitrogens with zero attached hydrogens (tertiary/aromatic N) is 3. The summed E-state index contributed by atoms with van der Waals surface area (Å²) in [5, 5.41) is 0.886. The van der Waals surface area contributed by atoms with Crippen LogP contribution >= 0.6 is 11.8 Å². The van der Waals surface area contributed by atoms with Crippen LogP contribution in [0, 0.1) is 5.82 Å². The second-order valence-corrected chi connectivity index (χ2v) is 8.56. The average molecular weight is 478 g/mol. The lowest BCUT2D eigenvalue weighted by Crippen LogP contribution is -2.28. The molecule has 3 aromatic carbocycles. The van der Waals surface area contributed by atoms with Crippen molar-refractivity contribution >= 4 is 28.6 Å². The molecule has 6 nitrogen and oxygen atoms in total. The monoisotopic (exact) mass is 477 g/mol. The fourth-order valence-electron chi connectivity index (χ4n) is 3.53. The Bertz CT molecular complexity index is 1370. The van der Waals surface area contributed by atoms with E-state index in [1.807, 2.05) is 25.1 Å². The molecule has 1 aromatic heterocycles. The van der Waals surface area contributed by atoms with Crippen molar-refractivity contribution in [3.05, 3.63) is 94.5 Å². The van der Waals surface area contributed by atoms with Crippen LogP contribution in [0.15, 0.2) is 82.7 Å². The number of fused-ring (bicyclic) bond motifs is 1. The summed E-state index contributed by atoms with van der Waals surface area (Å²) in [4.78, 5) is 32.6. The standard InChI is InChI=1S/C26H24FN3O3S/c1-3-33-23-11-7-6-10-22(23)30-25(32)20-8-4-5-9-21(20)28-26(30)34-17-24(31)29(2)16-18-12-14-19(27)15-13-18/h4-15H,3,16-17H2,1-2H3. The lowest BCUT2D eigenvalue weighted by Gasteiger charge is -2.19. The van der Waals surface area contributed by atoms with E-state index in [4.69, 9.17) is 9.72 Å². The molecule has 0 aliphatic rings. The first kappa shape index (κ1) is 23.5. The quantitative estimate of drug-likeness (QED) is 0.273. The third kappa shape index (κ3) is 5.12. The number of ether oxygens (including phenoxy) is 1. The molecule has 0 saturated heterocycles. The van der Waals surface area contributed by atoms with E-state index in [1.54, 1.807) is 54.4 Å². The van der Waals surface area contributed by atoms with Gasteiger partial charge in [-0.2, -0.15) is 0 Å². The molecule has 34 heavy (non-hydrogen) atoms. The van der Waals surface area contributed by atoms with Crippen molar-refractivity contribution in [3.63, 3.8) is 0 Å². The SMILES string of the molecule is CCOc1ccccc1-n1c(SCC(=O)N(C)Cc2ccc(F)cc2)nc2ccccc2c1=O. The van der Waals surface area contributed by atoms with E-state index in [0.29, 0.717) is 40.6 Å². The lowest BCUT2D eigenvalue weighted by molar-refractivity contribution is -0.127. The van der Waals surface area contributed by atoms with Crippen LogP contribution in [0.5, 0.6) is 5.75 Å². The summed E-state index contributed by atoms with van der Waals surface area (Å²) in [6.45, 7) is 2.68. The minimum absolute atomic E-state index is 0.0826. The van der Waals surface area contributed by atoms with Crippen LogP contribution in [0.25, 0.3) is 16.6 Å². The second kappa shape index (κ2) is 10.5. The third-order valence-electron chi connectivity index (χ3n) is 5.23. The Balaban J connectivity index is 1.65. The van der Waals surface area contributed by atoms with Gasteiger partial charge in [0.05, 0.1) is 29.0 Å². The summed E-state index contributed by atoms with van der Waals surface area (Å²) in [5.74, 6) is 0.187. The number of halogens is 1. The predicted molar refractivity (Wildman–Crippen MR) is 132 cm³/mol. The zero-order valence-corrected chi connectivity index (χ0v) is 19.7. The van der Waals surface area contributed by atoms with Gasteiger partial charge in [-0.25, -0.2) is 9.37 Å². The summed E-state index contributed by atoms with van der Waals surface area (Å²) in [6.07, 6.45) is 0. The van der Waals surface area contributed by atoms with Crippen LogP contribution in [-0.2, 0) is 11.3 Å². The maximum atomic E-state index is 13.5. The van der Waals surface area contributed by atoms with Gasteiger partial charge in [-0.3, -0.25) is 14.2 Å². The number of amides is 1. The number of para-hydroxylation sites is 3. The van der Waals surface area contributed by atoms with Crippen molar-refractivity contribution in [3.8, 4) is 11.4 Å². The Morgan fingerprint density at radius 1 is 1.06 bits per heavy atom. The number of hydrogen-bond donors (Lipinski definition) is 0. The van der Waals surface area contributed by atoms with Gasteiger partial charge in [0.2, 0.25) is 5.91 Å². The molecule has 4 aromatic rings. The summed E-state index contributed by atoms with van der Waals surface area (Å²) < 4.78 is 20.4. The zero-order chi connectivity index (χ0) is 24.1. The minimum Gasteiger partial charge on any atom is -0.492 e. The Morgan fingerprint density at radius 3 is 2.53 bits per heavy atom. The fraction of sp³-hybridized carbons (Fsp3) is 0.192. The van der Waals surface area contributed by atoms with Crippen molar-refractivity contribution in [1.82, 2.24) is 14.5 Å². The molecule has 0 N–H and O–H groups in total. The van der Waals surface area contributed by atoms with Crippen LogP contribution in [0.1, 0.15) is 12.5 Å². The van der Waals surface area contributed by atoms with E-state index in [1.165, 1.54) is 28.5 Å². The summed E-state index contributed by atoms with van der Waals surface area (Å²) in [6, 6.07) is 20.5. The summed E-state index contributed by atoms with van der Waals surface area (Å²) in [7, 11) is 1.69. The molecule has 0 aliphatic carbocycles. The number of rotatable bonds is 8.